The molecule has 10 nitrogen and oxygen atoms in total. The van der Waals surface area contributed by atoms with Crippen LogP contribution >= 0.6 is 0 Å². The van der Waals surface area contributed by atoms with Crippen LogP contribution in [0.1, 0.15) is 46.1 Å². The predicted molar refractivity (Wildman–Crippen MR) is 134 cm³/mol. The molecule has 1 saturated heterocycles. The van der Waals surface area contributed by atoms with Crippen LogP contribution in [0, 0.1) is 0 Å². The second-order valence-corrected chi connectivity index (χ2v) is 9.11. The van der Waals surface area contributed by atoms with Crippen LogP contribution in [-0.2, 0) is 32.3 Å². The van der Waals surface area contributed by atoms with Crippen molar-refractivity contribution in [1.82, 2.24) is 19.8 Å². The molecule has 10 heteroatoms. The third-order valence-corrected chi connectivity index (χ3v) is 5.51. The molecule has 0 radical (unpaired) electrons. The van der Waals surface area contributed by atoms with Gasteiger partial charge in [0, 0.05) is 19.3 Å². The number of carbonyl (C=O) groups excluding carboxylic acids is 3. The van der Waals surface area contributed by atoms with Crippen LogP contribution in [0.2, 0.25) is 0 Å². The molecule has 0 aliphatic carbocycles. The zero-order valence-electron chi connectivity index (χ0n) is 19.8. The van der Waals surface area contributed by atoms with Crippen LogP contribution in [0.15, 0.2) is 42.9 Å². The first-order valence-corrected chi connectivity index (χ1v) is 11.5. The molecule has 1 atom stereocenters. The van der Waals surface area contributed by atoms with Crippen molar-refractivity contribution in [3.05, 3.63) is 48.4 Å². The molecule has 0 saturated carbocycles. The number of hydrogen-bond acceptors (Lipinski definition) is 6. The van der Waals surface area contributed by atoms with Gasteiger partial charge >= 0.3 is 0 Å². The van der Waals surface area contributed by atoms with Gasteiger partial charge in [0.25, 0.3) is 5.91 Å². The Labute approximate surface area is 207 Å². The highest BCUT2D eigenvalue weighted by molar-refractivity contribution is 5.98. The van der Waals surface area contributed by atoms with E-state index in [-0.39, 0.29) is 32.3 Å². The van der Waals surface area contributed by atoms with Gasteiger partial charge in [0.2, 0.25) is 11.8 Å². The first-order chi connectivity index (χ1) is 16.2. The molecule has 2 aromatic rings. The maximum Gasteiger partial charge on any atom is 0.250 e. The minimum Gasteiger partial charge on any atom is -0.374 e. The van der Waals surface area contributed by atoms with E-state index in [4.69, 9.17) is 10.5 Å². The summed E-state index contributed by atoms with van der Waals surface area (Å²) in [7, 11) is 0. The minimum absolute atomic E-state index is 0. The Morgan fingerprint density at radius 3 is 2.49 bits per heavy atom. The van der Waals surface area contributed by atoms with Crippen LogP contribution in [0.3, 0.4) is 0 Å². The molecule has 0 spiro atoms. The summed E-state index contributed by atoms with van der Waals surface area (Å²) in [6, 6.07) is 8.55. The van der Waals surface area contributed by atoms with Crippen molar-refractivity contribution in [3.63, 3.8) is 0 Å². The molecule has 192 valence electrons. The molecular weight excluding hydrogens is 448 g/mol. The average molecular weight is 487 g/mol. The van der Waals surface area contributed by atoms with E-state index in [1.54, 1.807) is 24.6 Å². The van der Waals surface area contributed by atoms with E-state index in [9.17, 15) is 14.4 Å². The SMILES string of the molecule is C.CC(C)(N)C(=O)N[C@H](COCc1ccccc1)C(=O)Nc1cn(CC(=O)N2CCCCC2)cn1. The molecule has 0 unspecified atom stereocenters. The molecule has 3 rings (SSSR count). The number of amides is 3. The fourth-order valence-corrected chi connectivity index (χ4v) is 3.52. The van der Waals surface area contributed by atoms with Gasteiger partial charge in [-0.15, -0.1) is 0 Å². The highest BCUT2D eigenvalue weighted by atomic mass is 16.5. The van der Waals surface area contributed by atoms with Crippen LogP contribution < -0.4 is 16.4 Å². The van der Waals surface area contributed by atoms with Crippen LogP contribution in [0.4, 0.5) is 5.82 Å². The summed E-state index contributed by atoms with van der Waals surface area (Å²) >= 11 is 0. The Hall–Kier alpha value is -3.24. The lowest BCUT2D eigenvalue weighted by molar-refractivity contribution is -0.132. The summed E-state index contributed by atoms with van der Waals surface area (Å²) in [4.78, 5) is 43.8. The quantitative estimate of drug-likeness (QED) is 0.470. The fraction of sp³-hybridized carbons (Fsp3) is 0.520. The van der Waals surface area contributed by atoms with Gasteiger partial charge < -0.3 is 30.6 Å². The molecule has 1 aromatic carbocycles. The predicted octanol–water partition coefficient (Wildman–Crippen LogP) is 1.91. The first-order valence-electron chi connectivity index (χ1n) is 11.5. The summed E-state index contributed by atoms with van der Waals surface area (Å²) in [5.74, 6) is -0.655. The van der Waals surface area contributed by atoms with E-state index in [1.807, 2.05) is 35.2 Å². The van der Waals surface area contributed by atoms with Gasteiger partial charge in [-0.3, -0.25) is 14.4 Å². The summed E-state index contributed by atoms with van der Waals surface area (Å²) in [6.07, 6.45) is 6.29. The highest BCUT2D eigenvalue weighted by Gasteiger charge is 2.28. The van der Waals surface area contributed by atoms with Crippen LogP contribution in [0.5, 0.6) is 0 Å². The maximum atomic E-state index is 12.9. The van der Waals surface area contributed by atoms with E-state index in [0.29, 0.717) is 6.61 Å². The fourth-order valence-electron chi connectivity index (χ4n) is 3.52. The number of likely N-dealkylation sites (tertiary alicyclic amines) is 1. The monoisotopic (exact) mass is 486 g/mol. The van der Waals surface area contributed by atoms with E-state index in [1.165, 1.54) is 6.33 Å². The van der Waals surface area contributed by atoms with E-state index in [0.717, 1.165) is 37.9 Å². The number of nitrogens with one attached hydrogen (secondary N) is 2. The van der Waals surface area contributed by atoms with Gasteiger partial charge in [0.05, 0.1) is 25.1 Å². The first kappa shape index (κ1) is 28.0. The molecular formula is C25H38N6O4. The number of rotatable bonds is 10. The number of carbonyl (C=O) groups is 3. The second-order valence-electron chi connectivity index (χ2n) is 9.11. The van der Waals surface area contributed by atoms with Crippen molar-refractivity contribution in [2.45, 2.75) is 65.3 Å². The number of nitrogens with two attached hydrogens (primary N) is 1. The Bertz CT molecular complexity index is 964. The Kier molecular flexibility index (Phi) is 10.4. The zero-order chi connectivity index (χ0) is 24.6. The third-order valence-electron chi connectivity index (χ3n) is 5.51. The average Bonchev–Trinajstić information content (AvgIpc) is 3.25. The van der Waals surface area contributed by atoms with Gasteiger partial charge in [-0.2, -0.15) is 0 Å². The number of aromatic nitrogens is 2. The van der Waals surface area contributed by atoms with E-state index in [2.05, 4.69) is 15.6 Å². The Balaban J connectivity index is 0.00000432. The van der Waals surface area contributed by atoms with Crippen LogP contribution in [0.25, 0.3) is 0 Å². The number of anilines is 1. The number of piperidine rings is 1. The van der Waals surface area contributed by atoms with Crippen molar-refractivity contribution in [2.24, 2.45) is 5.73 Å². The lowest BCUT2D eigenvalue weighted by Gasteiger charge is -2.26. The van der Waals surface area contributed by atoms with E-state index < -0.39 is 23.4 Å². The molecule has 0 bridgehead atoms. The van der Waals surface area contributed by atoms with Gasteiger partial charge in [0.15, 0.2) is 5.82 Å². The van der Waals surface area contributed by atoms with Crippen molar-refractivity contribution < 1.29 is 19.1 Å². The minimum atomic E-state index is -1.16. The van der Waals surface area contributed by atoms with Crippen molar-refractivity contribution in [2.75, 3.05) is 25.0 Å². The summed E-state index contributed by atoms with van der Waals surface area (Å²) in [5, 5.41) is 5.34. The number of imidazole rings is 1. The number of nitrogens with zero attached hydrogens (tertiary/aromatic N) is 3. The smallest absolute Gasteiger partial charge is 0.250 e. The normalized spacial score (nSPS) is 14.5. The van der Waals surface area contributed by atoms with Crippen molar-refractivity contribution in [3.8, 4) is 0 Å². The van der Waals surface area contributed by atoms with E-state index >= 15 is 0 Å². The highest BCUT2D eigenvalue weighted by Crippen LogP contribution is 2.11. The zero-order valence-corrected chi connectivity index (χ0v) is 19.8. The van der Waals surface area contributed by atoms with Gasteiger partial charge in [-0.25, -0.2) is 4.98 Å². The largest absolute Gasteiger partial charge is 0.374 e. The number of benzene rings is 1. The molecule has 35 heavy (non-hydrogen) atoms. The number of ether oxygens (including phenoxy) is 1. The molecule has 1 aliphatic rings. The topological polar surface area (TPSA) is 132 Å². The second kappa shape index (κ2) is 13.0. The summed E-state index contributed by atoms with van der Waals surface area (Å²) in [6.45, 7) is 5.07. The maximum absolute atomic E-state index is 12.9. The summed E-state index contributed by atoms with van der Waals surface area (Å²) in [5.41, 5.74) is 5.66. The van der Waals surface area contributed by atoms with Crippen molar-refractivity contribution >= 4 is 23.5 Å². The lowest BCUT2D eigenvalue weighted by Crippen LogP contribution is -2.56. The Morgan fingerprint density at radius 2 is 1.83 bits per heavy atom. The van der Waals surface area contributed by atoms with Crippen molar-refractivity contribution in [1.29, 1.82) is 0 Å². The van der Waals surface area contributed by atoms with Crippen LogP contribution in [-0.4, -0.2) is 63.4 Å². The standard InChI is InChI=1S/C24H34N6O4.CH4/c1-24(2,25)23(33)27-19(16-34-15-18-9-5-3-6-10-18)22(32)28-20-13-29(17-26-20)14-21(31)30-11-7-4-8-12-30;/h3,5-6,9-10,13,17,19H,4,7-8,11-12,14-16,25H2,1-2H3,(H,27,33)(H,28,32);1H4/t19-;/m1./s1. The molecule has 1 aromatic heterocycles. The molecule has 2 heterocycles. The molecule has 4 N–H and O–H groups in total. The van der Waals surface area contributed by atoms with Gasteiger partial charge in [0.1, 0.15) is 12.6 Å². The summed E-state index contributed by atoms with van der Waals surface area (Å²) < 4.78 is 7.32. The molecule has 3 amide bonds. The molecule has 1 aliphatic heterocycles. The lowest BCUT2D eigenvalue weighted by atomic mass is 10.1. The number of hydrogen-bond donors (Lipinski definition) is 3. The third kappa shape index (κ3) is 8.80. The van der Waals surface area contributed by atoms with Gasteiger partial charge in [-0.1, -0.05) is 37.8 Å². The Morgan fingerprint density at radius 1 is 1.14 bits per heavy atom. The molecule has 1 fully saturated rings. The van der Waals surface area contributed by atoms with Gasteiger partial charge in [-0.05, 0) is 38.7 Å².